The molecule has 0 amide bonds. The minimum absolute atomic E-state index is 0.266. The van der Waals surface area contributed by atoms with Crippen molar-refractivity contribution in [3.63, 3.8) is 0 Å². The summed E-state index contributed by atoms with van der Waals surface area (Å²) in [6, 6.07) is 14.8. The number of nitrogens with one attached hydrogen (secondary N) is 1. The van der Waals surface area contributed by atoms with Gasteiger partial charge in [-0.2, -0.15) is 0 Å². The molecular formula is C21H25N3O. The first kappa shape index (κ1) is 16.2. The largest absolute Gasteiger partial charge is 0.468 e. The van der Waals surface area contributed by atoms with Gasteiger partial charge in [-0.3, -0.25) is 9.88 Å². The maximum atomic E-state index is 5.75. The van der Waals surface area contributed by atoms with Gasteiger partial charge in [-0.25, -0.2) is 0 Å². The average molecular weight is 335 g/mol. The predicted molar refractivity (Wildman–Crippen MR) is 102 cm³/mol. The second-order valence-corrected chi connectivity index (χ2v) is 6.84. The van der Waals surface area contributed by atoms with E-state index in [2.05, 4.69) is 45.5 Å². The SMILES string of the molecule is Cc1cc(NCC(c2ccco2)N2CCCCC2)c2ccccc2n1. The molecule has 1 aliphatic heterocycles. The summed E-state index contributed by atoms with van der Waals surface area (Å²) in [7, 11) is 0. The number of aryl methyl sites for hydroxylation is 1. The van der Waals surface area contributed by atoms with E-state index in [4.69, 9.17) is 4.42 Å². The van der Waals surface area contributed by atoms with Crippen molar-refractivity contribution in [2.24, 2.45) is 0 Å². The monoisotopic (exact) mass is 335 g/mol. The predicted octanol–water partition coefficient (Wildman–Crippen LogP) is 4.78. The van der Waals surface area contributed by atoms with Gasteiger partial charge in [0.15, 0.2) is 0 Å². The molecule has 0 spiro atoms. The Morgan fingerprint density at radius 3 is 2.76 bits per heavy atom. The fourth-order valence-electron chi connectivity index (χ4n) is 3.78. The number of anilines is 1. The Morgan fingerprint density at radius 1 is 1.12 bits per heavy atom. The van der Waals surface area contributed by atoms with Crippen LogP contribution in [0.3, 0.4) is 0 Å². The normalized spacial score (nSPS) is 16.8. The molecule has 0 saturated carbocycles. The van der Waals surface area contributed by atoms with Crippen LogP contribution in [0.1, 0.15) is 36.8 Å². The highest BCUT2D eigenvalue weighted by Gasteiger charge is 2.24. The zero-order valence-electron chi connectivity index (χ0n) is 14.7. The first-order valence-corrected chi connectivity index (χ1v) is 9.19. The number of hydrogen-bond donors (Lipinski definition) is 1. The molecule has 1 atom stereocenters. The number of likely N-dealkylation sites (tertiary alicyclic amines) is 1. The Hall–Kier alpha value is -2.33. The van der Waals surface area contributed by atoms with Crippen molar-refractivity contribution in [2.75, 3.05) is 25.0 Å². The van der Waals surface area contributed by atoms with E-state index in [0.29, 0.717) is 0 Å². The lowest BCUT2D eigenvalue weighted by molar-refractivity contribution is 0.153. The highest BCUT2D eigenvalue weighted by atomic mass is 16.3. The smallest absolute Gasteiger partial charge is 0.122 e. The highest BCUT2D eigenvalue weighted by Crippen LogP contribution is 2.28. The molecule has 3 heterocycles. The number of para-hydroxylation sites is 1. The van der Waals surface area contributed by atoms with E-state index in [9.17, 15) is 0 Å². The molecule has 2 aromatic heterocycles. The van der Waals surface area contributed by atoms with Gasteiger partial charge in [0.05, 0.1) is 17.8 Å². The number of furan rings is 1. The van der Waals surface area contributed by atoms with Crippen molar-refractivity contribution >= 4 is 16.6 Å². The second kappa shape index (κ2) is 7.28. The van der Waals surface area contributed by atoms with E-state index in [0.717, 1.165) is 42.3 Å². The summed E-state index contributed by atoms with van der Waals surface area (Å²) < 4.78 is 5.75. The third-order valence-electron chi connectivity index (χ3n) is 5.03. The molecular weight excluding hydrogens is 310 g/mol. The van der Waals surface area contributed by atoms with E-state index >= 15 is 0 Å². The van der Waals surface area contributed by atoms with Crippen molar-refractivity contribution < 1.29 is 4.42 Å². The molecule has 1 saturated heterocycles. The number of rotatable bonds is 5. The van der Waals surface area contributed by atoms with Gasteiger partial charge in [-0.15, -0.1) is 0 Å². The van der Waals surface area contributed by atoms with E-state index in [1.807, 2.05) is 19.1 Å². The number of benzene rings is 1. The van der Waals surface area contributed by atoms with Crippen LogP contribution < -0.4 is 5.32 Å². The minimum Gasteiger partial charge on any atom is -0.468 e. The van der Waals surface area contributed by atoms with Crippen LogP contribution in [0, 0.1) is 6.92 Å². The number of fused-ring (bicyclic) bond motifs is 1. The molecule has 0 aliphatic carbocycles. The first-order chi connectivity index (χ1) is 12.3. The maximum absolute atomic E-state index is 5.75. The molecule has 1 unspecified atom stereocenters. The Balaban J connectivity index is 1.59. The third-order valence-corrected chi connectivity index (χ3v) is 5.03. The van der Waals surface area contributed by atoms with Crippen LogP contribution in [-0.4, -0.2) is 29.5 Å². The topological polar surface area (TPSA) is 41.3 Å². The number of pyridine rings is 1. The molecule has 0 radical (unpaired) electrons. The number of aromatic nitrogens is 1. The van der Waals surface area contributed by atoms with Crippen LogP contribution in [0.4, 0.5) is 5.69 Å². The average Bonchev–Trinajstić information content (AvgIpc) is 3.17. The molecule has 4 nitrogen and oxygen atoms in total. The summed E-state index contributed by atoms with van der Waals surface area (Å²) in [5, 5.41) is 4.84. The van der Waals surface area contributed by atoms with Gasteiger partial charge in [-0.05, 0) is 57.1 Å². The van der Waals surface area contributed by atoms with Gasteiger partial charge in [-0.1, -0.05) is 24.6 Å². The molecule has 1 fully saturated rings. The Morgan fingerprint density at radius 2 is 1.96 bits per heavy atom. The van der Waals surface area contributed by atoms with Crippen LogP contribution in [-0.2, 0) is 0 Å². The first-order valence-electron chi connectivity index (χ1n) is 9.19. The van der Waals surface area contributed by atoms with Crippen molar-refractivity contribution in [2.45, 2.75) is 32.2 Å². The molecule has 1 aromatic carbocycles. The summed E-state index contributed by atoms with van der Waals surface area (Å²) in [6.45, 7) is 5.17. The van der Waals surface area contributed by atoms with Gasteiger partial charge >= 0.3 is 0 Å². The maximum Gasteiger partial charge on any atom is 0.122 e. The molecule has 4 heteroatoms. The van der Waals surface area contributed by atoms with Crippen LogP contribution >= 0.6 is 0 Å². The number of nitrogens with zero attached hydrogens (tertiary/aromatic N) is 2. The number of piperidine rings is 1. The lowest BCUT2D eigenvalue weighted by atomic mass is 10.1. The quantitative estimate of drug-likeness (QED) is 0.729. The standard InChI is InChI=1S/C21H25N3O/c1-16-14-19(17-8-3-4-9-18(17)23-16)22-15-20(21-10-7-13-25-21)24-11-5-2-6-12-24/h3-4,7-10,13-14,20H,2,5-6,11-12,15H2,1H3,(H,22,23). The Labute approximate surface area is 148 Å². The van der Waals surface area contributed by atoms with Crippen molar-refractivity contribution in [3.8, 4) is 0 Å². The summed E-state index contributed by atoms with van der Waals surface area (Å²) in [5.74, 6) is 1.05. The molecule has 1 N–H and O–H groups in total. The van der Waals surface area contributed by atoms with Gasteiger partial charge < -0.3 is 9.73 Å². The molecule has 130 valence electrons. The third kappa shape index (κ3) is 3.54. The van der Waals surface area contributed by atoms with E-state index < -0.39 is 0 Å². The van der Waals surface area contributed by atoms with Crippen LogP contribution in [0.15, 0.2) is 53.1 Å². The highest BCUT2D eigenvalue weighted by molar-refractivity contribution is 5.91. The van der Waals surface area contributed by atoms with Gasteiger partial charge in [0.1, 0.15) is 5.76 Å². The molecule has 3 aromatic rings. The zero-order chi connectivity index (χ0) is 17.1. The molecule has 25 heavy (non-hydrogen) atoms. The fourth-order valence-corrected chi connectivity index (χ4v) is 3.78. The molecule has 1 aliphatic rings. The lowest BCUT2D eigenvalue weighted by Crippen LogP contribution is -2.37. The van der Waals surface area contributed by atoms with Gasteiger partial charge in [0, 0.05) is 23.3 Å². The van der Waals surface area contributed by atoms with E-state index in [1.165, 1.54) is 24.6 Å². The Kier molecular flexibility index (Phi) is 4.70. The van der Waals surface area contributed by atoms with Crippen LogP contribution in [0.5, 0.6) is 0 Å². The summed E-state index contributed by atoms with van der Waals surface area (Å²) >= 11 is 0. The van der Waals surface area contributed by atoms with Gasteiger partial charge in [0.25, 0.3) is 0 Å². The summed E-state index contributed by atoms with van der Waals surface area (Å²) in [6.07, 6.45) is 5.66. The Bertz CT molecular complexity index is 822. The van der Waals surface area contributed by atoms with Crippen molar-refractivity contribution in [3.05, 3.63) is 60.2 Å². The van der Waals surface area contributed by atoms with Crippen molar-refractivity contribution in [1.29, 1.82) is 0 Å². The number of hydrogen-bond acceptors (Lipinski definition) is 4. The fraction of sp³-hybridized carbons (Fsp3) is 0.381. The zero-order valence-corrected chi connectivity index (χ0v) is 14.7. The van der Waals surface area contributed by atoms with Gasteiger partial charge in [0.2, 0.25) is 0 Å². The summed E-state index contributed by atoms with van der Waals surface area (Å²) in [4.78, 5) is 7.18. The summed E-state index contributed by atoms with van der Waals surface area (Å²) in [5.41, 5.74) is 3.22. The lowest BCUT2D eigenvalue weighted by Gasteiger charge is -2.33. The molecule has 0 bridgehead atoms. The van der Waals surface area contributed by atoms with Crippen molar-refractivity contribution in [1.82, 2.24) is 9.88 Å². The van der Waals surface area contributed by atoms with E-state index in [1.54, 1.807) is 6.26 Å². The van der Waals surface area contributed by atoms with Crippen LogP contribution in [0.2, 0.25) is 0 Å². The van der Waals surface area contributed by atoms with Crippen LogP contribution in [0.25, 0.3) is 10.9 Å². The van der Waals surface area contributed by atoms with E-state index in [-0.39, 0.29) is 6.04 Å². The second-order valence-electron chi connectivity index (χ2n) is 6.84. The molecule has 4 rings (SSSR count). The minimum atomic E-state index is 0.266.